The van der Waals surface area contributed by atoms with Crippen LogP contribution in [-0.4, -0.2) is 35.1 Å². The van der Waals surface area contributed by atoms with Crippen LogP contribution in [0.5, 0.6) is 0 Å². The maximum Gasteiger partial charge on any atom is 0.110 e. The number of aliphatic hydroxyl groups is 1. The molecule has 0 unspecified atom stereocenters. The predicted molar refractivity (Wildman–Crippen MR) is 72.4 cm³/mol. The topological polar surface area (TPSA) is 36.4 Å². The van der Waals surface area contributed by atoms with Gasteiger partial charge in [0.2, 0.25) is 0 Å². The van der Waals surface area contributed by atoms with E-state index in [0.29, 0.717) is 0 Å². The monoisotopic (exact) mass is 242 g/mol. The number of benzene rings is 1. The van der Waals surface area contributed by atoms with Crippen molar-refractivity contribution in [2.24, 2.45) is 0 Å². The molecule has 0 aliphatic carbocycles. The molecule has 0 radical (unpaired) electrons. The second-order valence-corrected chi connectivity index (χ2v) is 5.22. The van der Waals surface area contributed by atoms with Gasteiger partial charge in [0.25, 0.3) is 0 Å². The van der Waals surface area contributed by atoms with Crippen molar-refractivity contribution in [3.63, 3.8) is 0 Å². The average molecular weight is 242 g/mol. The SMILES string of the molecule is CN1CCC(O)(c2nccc3ccccc23)CC1. The molecule has 18 heavy (non-hydrogen) atoms. The molecular weight excluding hydrogens is 224 g/mol. The van der Waals surface area contributed by atoms with E-state index in [1.807, 2.05) is 24.3 Å². The number of rotatable bonds is 1. The van der Waals surface area contributed by atoms with Crippen LogP contribution in [0.15, 0.2) is 36.5 Å². The number of nitrogens with zero attached hydrogens (tertiary/aromatic N) is 2. The van der Waals surface area contributed by atoms with Gasteiger partial charge in [0, 0.05) is 24.7 Å². The average Bonchev–Trinajstić information content (AvgIpc) is 2.42. The Bertz CT molecular complexity index is 554. The largest absolute Gasteiger partial charge is 0.383 e. The summed E-state index contributed by atoms with van der Waals surface area (Å²) in [6.07, 6.45) is 3.31. The van der Waals surface area contributed by atoms with Gasteiger partial charge in [0.15, 0.2) is 0 Å². The maximum atomic E-state index is 10.9. The van der Waals surface area contributed by atoms with Gasteiger partial charge < -0.3 is 10.0 Å². The second-order valence-electron chi connectivity index (χ2n) is 5.22. The van der Waals surface area contributed by atoms with Gasteiger partial charge in [-0.3, -0.25) is 4.98 Å². The van der Waals surface area contributed by atoms with Crippen molar-refractivity contribution >= 4 is 10.8 Å². The summed E-state index contributed by atoms with van der Waals surface area (Å²) in [5, 5.41) is 13.1. The van der Waals surface area contributed by atoms with E-state index in [0.717, 1.165) is 42.4 Å². The van der Waals surface area contributed by atoms with E-state index < -0.39 is 5.60 Å². The standard InChI is InChI=1S/C15H18N2O/c1-17-10-7-15(18,8-11-17)14-13-5-3-2-4-12(13)6-9-16-14/h2-6,9,18H,7-8,10-11H2,1H3. The molecule has 3 heteroatoms. The molecule has 2 aromatic rings. The van der Waals surface area contributed by atoms with Crippen molar-refractivity contribution in [1.29, 1.82) is 0 Å². The van der Waals surface area contributed by atoms with E-state index in [-0.39, 0.29) is 0 Å². The Kier molecular flexibility index (Phi) is 2.80. The van der Waals surface area contributed by atoms with Crippen LogP contribution in [0.2, 0.25) is 0 Å². The number of fused-ring (bicyclic) bond motifs is 1. The number of piperidine rings is 1. The highest BCUT2D eigenvalue weighted by atomic mass is 16.3. The molecule has 1 aromatic heterocycles. The Hall–Kier alpha value is -1.45. The zero-order valence-electron chi connectivity index (χ0n) is 10.6. The van der Waals surface area contributed by atoms with Crippen LogP contribution in [0.4, 0.5) is 0 Å². The van der Waals surface area contributed by atoms with Gasteiger partial charge in [-0.1, -0.05) is 24.3 Å². The van der Waals surface area contributed by atoms with Gasteiger partial charge >= 0.3 is 0 Å². The van der Waals surface area contributed by atoms with Gasteiger partial charge in [-0.2, -0.15) is 0 Å². The molecule has 3 nitrogen and oxygen atoms in total. The molecule has 2 heterocycles. The van der Waals surface area contributed by atoms with E-state index in [9.17, 15) is 5.11 Å². The summed E-state index contributed by atoms with van der Waals surface area (Å²) in [6, 6.07) is 10.1. The molecule has 1 aliphatic heterocycles. The fourth-order valence-electron chi connectivity index (χ4n) is 2.72. The van der Waals surface area contributed by atoms with Crippen molar-refractivity contribution in [3.05, 3.63) is 42.2 Å². The lowest BCUT2D eigenvalue weighted by Gasteiger charge is -2.36. The molecule has 0 bridgehead atoms. The number of likely N-dealkylation sites (tertiary alicyclic amines) is 1. The third-order valence-electron chi connectivity index (χ3n) is 3.93. The molecule has 0 saturated carbocycles. The molecular formula is C15H18N2O. The number of aromatic nitrogens is 1. The summed E-state index contributed by atoms with van der Waals surface area (Å²) in [4.78, 5) is 6.71. The number of pyridine rings is 1. The van der Waals surface area contributed by atoms with Crippen LogP contribution in [0.25, 0.3) is 10.8 Å². The van der Waals surface area contributed by atoms with E-state index in [1.54, 1.807) is 6.20 Å². The van der Waals surface area contributed by atoms with Crippen molar-refractivity contribution in [2.45, 2.75) is 18.4 Å². The molecule has 1 saturated heterocycles. The van der Waals surface area contributed by atoms with Gasteiger partial charge in [-0.25, -0.2) is 0 Å². The molecule has 3 rings (SSSR count). The lowest BCUT2D eigenvalue weighted by atomic mass is 9.85. The summed E-state index contributed by atoms with van der Waals surface area (Å²) in [7, 11) is 2.09. The van der Waals surface area contributed by atoms with Crippen molar-refractivity contribution < 1.29 is 5.11 Å². The fraction of sp³-hybridized carbons (Fsp3) is 0.400. The zero-order valence-corrected chi connectivity index (χ0v) is 10.6. The highest BCUT2D eigenvalue weighted by Crippen LogP contribution is 2.34. The molecule has 1 aliphatic rings. The molecule has 0 spiro atoms. The minimum atomic E-state index is -0.770. The van der Waals surface area contributed by atoms with Crippen molar-refractivity contribution in [1.82, 2.24) is 9.88 Å². The summed E-state index contributed by atoms with van der Waals surface area (Å²) >= 11 is 0. The Morgan fingerprint density at radius 1 is 1.17 bits per heavy atom. The van der Waals surface area contributed by atoms with E-state index >= 15 is 0 Å². The maximum absolute atomic E-state index is 10.9. The number of hydrogen-bond acceptors (Lipinski definition) is 3. The van der Waals surface area contributed by atoms with Crippen molar-refractivity contribution in [2.75, 3.05) is 20.1 Å². The third kappa shape index (κ3) is 1.89. The smallest absolute Gasteiger partial charge is 0.110 e. The highest BCUT2D eigenvalue weighted by molar-refractivity contribution is 5.85. The van der Waals surface area contributed by atoms with Crippen LogP contribution in [0.1, 0.15) is 18.5 Å². The van der Waals surface area contributed by atoms with Gasteiger partial charge in [-0.15, -0.1) is 0 Å². The molecule has 1 N–H and O–H groups in total. The lowest BCUT2D eigenvalue weighted by Crippen LogP contribution is -2.41. The van der Waals surface area contributed by atoms with Crippen molar-refractivity contribution in [3.8, 4) is 0 Å². The lowest BCUT2D eigenvalue weighted by molar-refractivity contribution is -0.0225. The molecule has 1 fully saturated rings. The van der Waals surface area contributed by atoms with Crippen LogP contribution in [0.3, 0.4) is 0 Å². The minimum absolute atomic E-state index is 0.754. The first-order valence-corrected chi connectivity index (χ1v) is 6.44. The molecule has 94 valence electrons. The Morgan fingerprint density at radius 2 is 1.89 bits per heavy atom. The van der Waals surface area contributed by atoms with Crippen LogP contribution < -0.4 is 0 Å². The first kappa shape index (κ1) is 11.6. The molecule has 0 atom stereocenters. The summed E-state index contributed by atoms with van der Waals surface area (Å²) in [5.74, 6) is 0. The Balaban J connectivity index is 2.08. The van der Waals surface area contributed by atoms with E-state index in [4.69, 9.17) is 0 Å². The summed E-state index contributed by atoms with van der Waals surface area (Å²) < 4.78 is 0. The highest BCUT2D eigenvalue weighted by Gasteiger charge is 2.35. The van der Waals surface area contributed by atoms with E-state index in [2.05, 4.69) is 23.0 Å². The van der Waals surface area contributed by atoms with Gasteiger partial charge in [0.1, 0.15) is 5.60 Å². The normalized spacial score (nSPS) is 20.1. The van der Waals surface area contributed by atoms with Crippen LogP contribution >= 0.6 is 0 Å². The quantitative estimate of drug-likeness (QED) is 0.832. The van der Waals surface area contributed by atoms with E-state index in [1.165, 1.54) is 0 Å². The van der Waals surface area contributed by atoms with Gasteiger partial charge in [0.05, 0.1) is 5.69 Å². The molecule has 1 aromatic carbocycles. The summed E-state index contributed by atoms with van der Waals surface area (Å²) in [6.45, 7) is 1.84. The third-order valence-corrected chi connectivity index (χ3v) is 3.93. The Morgan fingerprint density at radius 3 is 2.67 bits per heavy atom. The number of hydrogen-bond donors (Lipinski definition) is 1. The first-order chi connectivity index (χ1) is 8.69. The van der Waals surface area contributed by atoms with Crippen LogP contribution in [-0.2, 0) is 5.60 Å². The minimum Gasteiger partial charge on any atom is -0.383 e. The van der Waals surface area contributed by atoms with Gasteiger partial charge in [-0.05, 0) is 31.3 Å². The Labute approximate surface area is 107 Å². The predicted octanol–water partition coefficient (Wildman–Crippen LogP) is 2.15. The summed E-state index contributed by atoms with van der Waals surface area (Å²) in [5.41, 5.74) is 0.0709. The fourth-order valence-corrected chi connectivity index (χ4v) is 2.72. The zero-order chi connectivity index (χ0) is 12.6. The second kappa shape index (κ2) is 4.34. The first-order valence-electron chi connectivity index (χ1n) is 6.44. The molecule has 0 amide bonds. The van der Waals surface area contributed by atoms with Crippen LogP contribution in [0, 0.1) is 0 Å².